The zero-order chi connectivity index (χ0) is 27.0. The van der Waals surface area contributed by atoms with Crippen molar-refractivity contribution in [1.82, 2.24) is 9.88 Å². The summed E-state index contributed by atoms with van der Waals surface area (Å²) in [6.45, 7) is 16.1. The van der Waals surface area contributed by atoms with Crippen molar-refractivity contribution >= 4 is 11.9 Å². The number of oxazole rings is 1. The number of carbonyl (C=O) groups excluding carboxylic acids is 1. The van der Waals surface area contributed by atoms with Crippen LogP contribution < -0.4 is 0 Å². The molecular formula is C28H48N2O5. The number of carbonyl (C=O) groups is 2. The molecule has 0 spiro atoms. The maximum absolute atomic E-state index is 12.8. The number of rotatable bonds is 9. The fraction of sp³-hybridized carbons (Fsp3) is 0.679. The predicted octanol–water partition coefficient (Wildman–Crippen LogP) is 6.57. The highest BCUT2D eigenvalue weighted by Crippen LogP contribution is 2.29. The van der Waals surface area contributed by atoms with E-state index in [0.717, 1.165) is 37.1 Å². The number of nitrogens with zero attached hydrogens (tertiary/aromatic N) is 2. The van der Waals surface area contributed by atoms with Crippen LogP contribution in [0.15, 0.2) is 34.6 Å². The molecule has 7 heteroatoms. The molecule has 2 unspecified atom stereocenters. The lowest BCUT2D eigenvalue weighted by molar-refractivity contribution is -0.153. The molecule has 0 saturated heterocycles. The van der Waals surface area contributed by atoms with Crippen LogP contribution in [0.2, 0.25) is 0 Å². The van der Waals surface area contributed by atoms with E-state index in [2.05, 4.69) is 44.0 Å². The van der Waals surface area contributed by atoms with Gasteiger partial charge in [0.15, 0.2) is 6.39 Å². The molecule has 0 aliphatic heterocycles. The minimum atomic E-state index is -0.962. The Bertz CT molecular complexity index is 797. The second kappa shape index (κ2) is 17.9. The first kappa shape index (κ1) is 32.6. The first-order valence-electron chi connectivity index (χ1n) is 12.9. The van der Waals surface area contributed by atoms with E-state index >= 15 is 0 Å². The standard InChI is InChI=1S/C18H28N2O5.C8H14.C2H6/c1-11(2)16(18(22)23)20(4)17(21)13-6-5-7-14(8-13)24-9-15-12(3)25-10-19-15;1-4-6-7-8(3)5-2;1-2/h10-11,13-14,16H,5-9H2,1-4H3,(H,22,23);5-7H,4H2,1-3H3;1-2H3/b;7-6-,8-5-;/t13?,14?,16-;;/m0../s1. The fourth-order valence-corrected chi connectivity index (χ4v) is 3.91. The van der Waals surface area contributed by atoms with Crippen molar-refractivity contribution in [1.29, 1.82) is 0 Å². The van der Waals surface area contributed by atoms with Gasteiger partial charge in [0.1, 0.15) is 17.5 Å². The normalized spacial score (nSPS) is 18.9. The number of aryl methyl sites for hydroxylation is 1. The van der Waals surface area contributed by atoms with Crippen LogP contribution in [0.25, 0.3) is 0 Å². The Labute approximate surface area is 212 Å². The van der Waals surface area contributed by atoms with Crippen LogP contribution >= 0.6 is 0 Å². The summed E-state index contributed by atoms with van der Waals surface area (Å²) in [6, 6.07) is -0.799. The summed E-state index contributed by atoms with van der Waals surface area (Å²) in [5.74, 6) is -0.660. The van der Waals surface area contributed by atoms with Gasteiger partial charge < -0.3 is 19.2 Å². The first-order valence-corrected chi connectivity index (χ1v) is 12.9. The number of allylic oxidation sites excluding steroid dienone is 4. The maximum atomic E-state index is 12.8. The zero-order valence-corrected chi connectivity index (χ0v) is 23.3. The number of ether oxygens (including phenoxy) is 1. The van der Waals surface area contributed by atoms with Crippen LogP contribution in [0, 0.1) is 18.8 Å². The minimum Gasteiger partial charge on any atom is -0.480 e. The Morgan fingerprint density at radius 1 is 1.31 bits per heavy atom. The van der Waals surface area contributed by atoms with Crippen molar-refractivity contribution in [2.75, 3.05) is 7.05 Å². The number of hydrogen-bond acceptors (Lipinski definition) is 5. The Hall–Kier alpha value is -2.41. The van der Waals surface area contributed by atoms with Crippen molar-refractivity contribution in [3.05, 3.63) is 41.6 Å². The van der Waals surface area contributed by atoms with Crippen LogP contribution in [0.4, 0.5) is 0 Å². The number of likely N-dealkylation sites (N-methyl/N-ethyl adjacent to an activating group) is 1. The molecule has 1 fully saturated rings. The Kier molecular flexibility index (Phi) is 16.7. The number of aliphatic carboxylic acids is 1. The predicted molar refractivity (Wildman–Crippen MR) is 141 cm³/mol. The lowest BCUT2D eigenvalue weighted by Gasteiger charge is -2.34. The smallest absolute Gasteiger partial charge is 0.326 e. The third-order valence-electron chi connectivity index (χ3n) is 6.00. The first-order chi connectivity index (χ1) is 16.6. The average molecular weight is 493 g/mol. The van der Waals surface area contributed by atoms with Gasteiger partial charge >= 0.3 is 5.97 Å². The molecule has 1 aromatic rings. The molecule has 1 heterocycles. The molecule has 0 aromatic carbocycles. The van der Waals surface area contributed by atoms with Crippen molar-refractivity contribution in [3.8, 4) is 0 Å². The lowest BCUT2D eigenvalue weighted by atomic mass is 9.85. The molecule has 1 N–H and O–H groups in total. The molecule has 2 rings (SSSR count). The number of aromatic nitrogens is 1. The third kappa shape index (κ3) is 11.7. The quantitative estimate of drug-likeness (QED) is 0.392. The van der Waals surface area contributed by atoms with E-state index in [1.54, 1.807) is 7.05 Å². The van der Waals surface area contributed by atoms with E-state index in [1.165, 1.54) is 16.9 Å². The molecule has 7 nitrogen and oxygen atoms in total. The van der Waals surface area contributed by atoms with Gasteiger partial charge in [0.25, 0.3) is 0 Å². The molecule has 1 aromatic heterocycles. The molecule has 1 amide bonds. The van der Waals surface area contributed by atoms with Crippen molar-refractivity contribution in [2.45, 2.75) is 106 Å². The highest BCUT2D eigenvalue weighted by atomic mass is 16.5. The number of carboxylic acid groups (broad SMARTS) is 1. The van der Waals surface area contributed by atoms with Crippen LogP contribution in [-0.2, 0) is 20.9 Å². The Balaban J connectivity index is 0.000000982. The SMILES string of the molecule is C/C=C(C)\C=C/CC.CC.Cc1ocnc1COC1CCCC(C(=O)N(C)[C@H](C(=O)O)C(C)C)C1. The van der Waals surface area contributed by atoms with Gasteiger partial charge in [-0.25, -0.2) is 9.78 Å². The molecule has 1 saturated carbocycles. The summed E-state index contributed by atoms with van der Waals surface area (Å²) in [6.07, 6.45) is 12.1. The number of amides is 1. The van der Waals surface area contributed by atoms with E-state index in [0.29, 0.717) is 13.0 Å². The zero-order valence-electron chi connectivity index (χ0n) is 23.3. The van der Waals surface area contributed by atoms with Crippen molar-refractivity contribution in [2.24, 2.45) is 11.8 Å². The third-order valence-corrected chi connectivity index (χ3v) is 6.00. The fourth-order valence-electron chi connectivity index (χ4n) is 3.91. The van der Waals surface area contributed by atoms with Crippen molar-refractivity contribution < 1.29 is 23.8 Å². The van der Waals surface area contributed by atoms with Crippen molar-refractivity contribution in [3.63, 3.8) is 0 Å². The molecule has 0 bridgehead atoms. The Morgan fingerprint density at radius 3 is 2.46 bits per heavy atom. The number of hydrogen-bond donors (Lipinski definition) is 1. The van der Waals surface area contributed by atoms with Crippen LogP contribution in [0.3, 0.4) is 0 Å². The van der Waals surface area contributed by atoms with Crippen LogP contribution in [-0.4, -0.2) is 46.1 Å². The number of carboxylic acids is 1. The molecule has 1 aliphatic rings. The van der Waals surface area contributed by atoms with Crippen LogP contribution in [0.5, 0.6) is 0 Å². The van der Waals surface area contributed by atoms with E-state index in [-0.39, 0.29) is 23.8 Å². The van der Waals surface area contributed by atoms with Gasteiger partial charge in [-0.05, 0) is 52.4 Å². The van der Waals surface area contributed by atoms with Gasteiger partial charge in [-0.2, -0.15) is 0 Å². The molecule has 0 radical (unpaired) electrons. The largest absolute Gasteiger partial charge is 0.480 e. The van der Waals surface area contributed by atoms with E-state index in [1.807, 2.05) is 34.6 Å². The molecule has 1 aliphatic carbocycles. The van der Waals surface area contributed by atoms with E-state index in [9.17, 15) is 14.7 Å². The lowest BCUT2D eigenvalue weighted by Crippen LogP contribution is -2.48. The minimum absolute atomic E-state index is 0.0190. The summed E-state index contributed by atoms with van der Waals surface area (Å²) in [5.41, 5.74) is 2.11. The summed E-state index contributed by atoms with van der Waals surface area (Å²) in [7, 11) is 1.59. The van der Waals surface area contributed by atoms with E-state index < -0.39 is 12.0 Å². The molecule has 3 atom stereocenters. The van der Waals surface area contributed by atoms with E-state index in [4.69, 9.17) is 9.15 Å². The Morgan fingerprint density at radius 2 is 1.97 bits per heavy atom. The van der Waals surface area contributed by atoms with Gasteiger partial charge in [-0.15, -0.1) is 0 Å². The summed E-state index contributed by atoms with van der Waals surface area (Å²) in [5, 5.41) is 9.39. The second-order valence-electron chi connectivity index (χ2n) is 8.97. The van der Waals surface area contributed by atoms with Crippen LogP contribution in [0.1, 0.15) is 92.0 Å². The van der Waals surface area contributed by atoms with Gasteiger partial charge in [-0.1, -0.05) is 64.8 Å². The second-order valence-corrected chi connectivity index (χ2v) is 8.97. The summed E-state index contributed by atoms with van der Waals surface area (Å²) >= 11 is 0. The highest BCUT2D eigenvalue weighted by Gasteiger charge is 2.35. The van der Waals surface area contributed by atoms with Gasteiger partial charge in [-0.3, -0.25) is 4.79 Å². The van der Waals surface area contributed by atoms with Gasteiger partial charge in [0.05, 0.1) is 12.7 Å². The summed E-state index contributed by atoms with van der Waals surface area (Å²) < 4.78 is 11.1. The average Bonchev–Trinajstić information content (AvgIpc) is 3.26. The topological polar surface area (TPSA) is 92.9 Å². The maximum Gasteiger partial charge on any atom is 0.326 e. The van der Waals surface area contributed by atoms with Gasteiger partial charge in [0, 0.05) is 13.0 Å². The molecule has 200 valence electrons. The molecule has 35 heavy (non-hydrogen) atoms. The monoisotopic (exact) mass is 492 g/mol. The van der Waals surface area contributed by atoms with Gasteiger partial charge in [0.2, 0.25) is 5.91 Å². The molecular weight excluding hydrogens is 444 g/mol. The highest BCUT2D eigenvalue weighted by molar-refractivity contribution is 5.85. The summed E-state index contributed by atoms with van der Waals surface area (Å²) in [4.78, 5) is 29.7.